The van der Waals surface area contributed by atoms with Crippen LogP contribution < -0.4 is 10.6 Å². The highest BCUT2D eigenvalue weighted by molar-refractivity contribution is 5.64. The van der Waals surface area contributed by atoms with Gasteiger partial charge < -0.3 is 15.7 Å². The Kier molecular flexibility index (Phi) is 2.64. The molecule has 0 aliphatic carbocycles. The average Bonchev–Trinajstić information content (AvgIpc) is 1.93. The third-order valence-electron chi connectivity index (χ3n) is 1.72. The number of amides is 1. The molecule has 0 bridgehead atoms. The molecule has 0 spiro atoms. The topological polar surface area (TPSA) is 61.4 Å². The first-order valence-electron chi connectivity index (χ1n) is 3.54. The smallest absolute Gasteiger partial charge is 0.404 e. The third kappa shape index (κ3) is 2.34. The van der Waals surface area contributed by atoms with Crippen LogP contribution in [0.4, 0.5) is 9.18 Å². The minimum atomic E-state index is -1.15. The number of alkyl halides is 1. The van der Waals surface area contributed by atoms with E-state index in [2.05, 4.69) is 10.6 Å². The van der Waals surface area contributed by atoms with E-state index in [1.807, 2.05) is 0 Å². The van der Waals surface area contributed by atoms with E-state index in [9.17, 15) is 9.18 Å². The van der Waals surface area contributed by atoms with Gasteiger partial charge in [0.2, 0.25) is 0 Å². The fourth-order valence-corrected chi connectivity index (χ4v) is 1.14. The monoisotopic (exact) mass is 162 g/mol. The number of carbonyl (C=O) groups is 1. The predicted molar refractivity (Wildman–Crippen MR) is 37.3 cm³/mol. The van der Waals surface area contributed by atoms with Crippen LogP contribution in [0.2, 0.25) is 0 Å². The molecule has 1 aliphatic rings. The Bertz CT molecular complexity index is 154. The van der Waals surface area contributed by atoms with Crippen molar-refractivity contribution in [2.75, 3.05) is 13.1 Å². The Morgan fingerprint density at radius 3 is 3.00 bits per heavy atom. The van der Waals surface area contributed by atoms with E-state index in [0.29, 0.717) is 13.0 Å². The quantitative estimate of drug-likeness (QED) is 0.506. The number of piperidine rings is 1. The summed E-state index contributed by atoms with van der Waals surface area (Å²) in [5.74, 6) is 0. The molecule has 3 N–H and O–H groups in total. The maximum Gasteiger partial charge on any atom is 0.404 e. The summed E-state index contributed by atoms with van der Waals surface area (Å²) in [7, 11) is 0. The van der Waals surface area contributed by atoms with Gasteiger partial charge >= 0.3 is 6.09 Å². The number of hydrogen-bond acceptors (Lipinski definition) is 2. The van der Waals surface area contributed by atoms with Crippen molar-refractivity contribution in [3.05, 3.63) is 0 Å². The van der Waals surface area contributed by atoms with Gasteiger partial charge in [0.1, 0.15) is 6.17 Å². The molecule has 2 atom stereocenters. The van der Waals surface area contributed by atoms with Crippen molar-refractivity contribution in [3.8, 4) is 0 Å². The second-order valence-electron chi connectivity index (χ2n) is 2.56. The predicted octanol–water partition coefficient (Wildman–Crippen LogP) is -0.0460. The van der Waals surface area contributed by atoms with Gasteiger partial charge in [0.05, 0.1) is 6.04 Å². The molecule has 1 aliphatic heterocycles. The van der Waals surface area contributed by atoms with Crippen LogP contribution in [0.25, 0.3) is 0 Å². The van der Waals surface area contributed by atoms with Gasteiger partial charge in [-0.15, -0.1) is 0 Å². The average molecular weight is 162 g/mol. The van der Waals surface area contributed by atoms with Crippen LogP contribution >= 0.6 is 0 Å². The van der Waals surface area contributed by atoms with Gasteiger partial charge in [-0.25, -0.2) is 9.18 Å². The summed E-state index contributed by atoms with van der Waals surface area (Å²) in [4.78, 5) is 10.1. The lowest BCUT2D eigenvalue weighted by atomic mass is 10.1. The van der Waals surface area contributed by atoms with Gasteiger partial charge in [0.25, 0.3) is 0 Å². The summed E-state index contributed by atoms with van der Waals surface area (Å²) in [6, 6.07) is -0.534. The molecule has 1 amide bonds. The van der Waals surface area contributed by atoms with Crippen LogP contribution in [0.5, 0.6) is 0 Å². The molecule has 0 aromatic carbocycles. The molecular weight excluding hydrogens is 151 g/mol. The zero-order valence-corrected chi connectivity index (χ0v) is 6.01. The zero-order valence-electron chi connectivity index (χ0n) is 6.01. The maximum absolute atomic E-state index is 12.8. The van der Waals surface area contributed by atoms with Crippen molar-refractivity contribution in [1.82, 2.24) is 10.6 Å². The molecule has 11 heavy (non-hydrogen) atoms. The summed E-state index contributed by atoms with van der Waals surface area (Å²) in [6.45, 7) is 0.913. The van der Waals surface area contributed by atoms with Gasteiger partial charge in [-0.05, 0) is 13.0 Å². The van der Waals surface area contributed by atoms with Crippen molar-refractivity contribution in [3.63, 3.8) is 0 Å². The largest absolute Gasteiger partial charge is 0.465 e. The van der Waals surface area contributed by atoms with E-state index < -0.39 is 18.3 Å². The Morgan fingerprint density at radius 2 is 2.45 bits per heavy atom. The minimum absolute atomic E-state index is 0.241. The van der Waals surface area contributed by atoms with Gasteiger partial charge in [-0.1, -0.05) is 0 Å². The Balaban J connectivity index is 2.35. The van der Waals surface area contributed by atoms with Crippen LogP contribution in [-0.2, 0) is 0 Å². The molecule has 0 aromatic rings. The second-order valence-corrected chi connectivity index (χ2v) is 2.56. The second kappa shape index (κ2) is 3.52. The summed E-state index contributed by atoms with van der Waals surface area (Å²) < 4.78 is 12.8. The van der Waals surface area contributed by atoms with Crippen LogP contribution in [0.15, 0.2) is 0 Å². The lowest BCUT2D eigenvalue weighted by molar-refractivity contribution is 0.163. The molecule has 1 heterocycles. The van der Waals surface area contributed by atoms with E-state index in [4.69, 9.17) is 5.11 Å². The van der Waals surface area contributed by atoms with Crippen molar-refractivity contribution >= 4 is 6.09 Å². The Hall–Kier alpha value is -0.840. The highest BCUT2D eigenvalue weighted by Gasteiger charge is 2.25. The van der Waals surface area contributed by atoms with E-state index in [0.717, 1.165) is 0 Å². The van der Waals surface area contributed by atoms with Crippen LogP contribution in [0.1, 0.15) is 6.42 Å². The van der Waals surface area contributed by atoms with Crippen LogP contribution in [-0.4, -0.2) is 36.5 Å². The molecule has 0 unspecified atom stereocenters. The number of rotatable bonds is 1. The first kappa shape index (κ1) is 8.26. The van der Waals surface area contributed by atoms with E-state index in [-0.39, 0.29) is 6.54 Å². The molecule has 5 heteroatoms. The van der Waals surface area contributed by atoms with Crippen LogP contribution in [0, 0.1) is 0 Å². The number of nitrogens with one attached hydrogen (secondary N) is 2. The van der Waals surface area contributed by atoms with E-state index in [1.54, 1.807) is 0 Å². The van der Waals surface area contributed by atoms with E-state index in [1.165, 1.54) is 0 Å². The normalized spacial score (nSPS) is 31.4. The van der Waals surface area contributed by atoms with Crippen molar-refractivity contribution in [2.24, 2.45) is 0 Å². The Morgan fingerprint density at radius 1 is 1.73 bits per heavy atom. The highest BCUT2D eigenvalue weighted by atomic mass is 19.1. The highest BCUT2D eigenvalue weighted by Crippen LogP contribution is 2.06. The lowest BCUT2D eigenvalue weighted by Crippen LogP contribution is -2.50. The fourth-order valence-electron chi connectivity index (χ4n) is 1.14. The third-order valence-corrected chi connectivity index (χ3v) is 1.72. The lowest BCUT2D eigenvalue weighted by Gasteiger charge is -2.26. The number of halogens is 1. The van der Waals surface area contributed by atoms with E-state index >= 15 is 0 Å². The summed E-state index contributed by atoms with van der Waals surface area (Å²) >= 11 is 0. The summed E-state index contributed by atoms with van der Waals surface area (Å²) in [5, 5.41) is 13.2. The van der Waals surface area contributed by atoms with Gasteiger partial charge in [-0.2, -0.15) is 0 Å². The molecule has 0 saturated carbocycles. The summed E-state index contributed by atoms with van der Waals surface area (Å²) in [5.41, 5.74) is 0. The first-order valence-corrected chi connectivity index (χ1v) is 3.54. The van der Waals surface area contributed by atoms with Crippen molar-refractivity contribution in [2.45, 2.75) is 18.6 Å². The zero-order chi connectivity index (χ0) is 8.27. The number of hydrogen-bond donors (Lipinski definition) is 3. The SMILES string of the molecule is O=C(O)N[C@H]1CCNC[C@@H]1F. The fraction of sp³-hybridized carbons (Fsp3) is 0.833. The molecule has 64 valence electrons. The van der Waals surface area contributed by atoms with Crippen molar-refractivity contribution in [1.29, 1.82) is 0 Å². The van der Waals surface area contributed by atoms with Gasteiger partial charge in [0, 0.05) is 6.54 Å². The molecule has 1 saturated heterocycles. The van der Waals surface area contributed by atoms with Crippen molar-refractivity contribution < 1.29 is 14.3 Å². The molecule has 1 fully saturated rings. The summed E-state index contributed by atoms with van der Waals surface area (Å²) in [6.07, 6.45) is -1.73. The standard InChI is InChI=1S/C6H11FN2O2/c7-4-3-8-2-1-5(4)9-6(10)11/h4-5,8-9H,1-3H2,(H,10,11)/t4-,5-/m0/s1. The van der Waals surface area contributed by atoms with Gasteiger partial charge in [-0.3, -0.25) is 0 Å². The molecule has 0 aromatic heterocycles. The first-order chi connectivity index (χ1) is 5.20. The Labute approximate surface area is 63.8 Å². The molecule has 1 rings (SSSR count). The molecular formula is C6H11FN2O2. The van der Waals surface area contributed by atoms with Crippen LogP contribution in [0.3, 0.4) is 0 Å². The molecule has 4 nitrogen and oxygen atoms in total. The van der Waals surface area contributed by atoms with Gasteiger partial charge in [0.15, 0.2) is 0 Å². The minimum Gasteiger partial charge on any atom is -0.465 e. The maximum atomic E-state index is 12.8. The molecule has 0 radical (unpaired) electrons. The number of carboxylic acid groups (broad SMARTS) is 1.